The van der Waals surface area contributed by atoms with Crippen LogP contribution in [0.5, 0.6) is 5.75 Å². The zero-order valence-corrected chi connectivity index (χ0v) is 20.2. The molecule has 0 saturated carbocycles. The maximum absolute atomic E-state index is 10.5. The zero-order valence-electron chi connectivity index (χ0n) is 20.2. The van der Waals surface area contributed by atoms with E-state index in [9.17, 15) is 10.2 Å². The number of ether oxygens (including phenoxy) is 2. The molecule has 4 nitrogen and oxygen atoms in total. The molecule has 0 amide bonds. The number of aliphatic hydroxyl groups excluding tert-OH is 1. The summed E-state index contributed by atoms with van der Waals surface area (Å²) in [7, 11) is 0. The SMILES string of the molecule is CCC(C)(C)OCC(O)COc1ccc(C(C)(C)c2ccc(C(C)(O)CC)cc2)cc1. The van der Waals surface area contributed by atoms with Crippen molar-refractivity contribution < 1.29 is 19.7 Å². The monoisotopic (exact) mass is 428 g/mol. The highest BCUT2D eigenvalue weighted by molar-refractivity contribution is 5.41. The number of rotatable bonds is 11. The van der Waals surface area contributed by atoms with Gasteiger partial charge in [-0.15, -0.1) is 0 Å². The van der Waals surface area contributed by atoms with Crippen LogP contribution >= 0.6 is 0 Å². The lowest BCUT2D eigenvalue weighted by Gasteiger charge is -2.28. The van der Waals surface area contributed by atoms with Gasteiger partial charge in [-0.25, -0.2) is 0 Å². The first-order valence-corrected chi connectivity index (χ1v) is 11.3. The van der Waals surface area contributed by atoms with Gasteiger partial charge in [-0.3, -0.25) is 0 Å². The standard InChI is InChI=1S/C27H40O4/c1-8-25(3,4)31-19-23(28)18-30-24-16-14-21(15-17-24)26(5,6)20-10-12-22(13-11-20)27(7,29)9-2/h10-17,23,28-29H,8-9,18-19H2,1-7H3. The van der Waals surface area contributed by atoms with E-state index in [4.69, 9.17) is 9.47 Å². The first-order valence-electron chi connectivity index (χ1n) is 11.3. The molecule has 2 aromatic carbocycles. The molecule has 0 aliphatic rings. The Morgan fingerprint density at radius 3 is 1.71 bits per heavy atom. The maximum atomic E-state index is 10.5. The van der Waals surface area contributed by atoms with Crippen molar-refractivity contribution in [3.05, 3.63) is 65.2 Å². The highest BCUT2D eigenvalue weighted by atomic mass is 16.5. The van der Waals surface area contributed by atoms with Gasteiger partial charge in [-0.2, -0.15) is 0 Å². The highest BCUT2D eigenvalue weighted by Crippen LogP contribution is 2.34. The van der Waals surface area contributed by atoms with Gasteiger partial charge in [0.05, 0.1) is 17.8 Å². The van der Waals surface area contributed by atoms with Crippen molar-refractivity contribution in [1.29, 1.82) is 0 Å². The van der Waals surface area contributed by atoms with E-state index < -0.39 is 11.7 Å². The minimum absolute atomic E-state index is 0.186. The normalized spacial score (nSPS) is 15.4. The molecule has 0 aliphatic heterocycles. The van der Waals surface area contributed by atoms with E-state index in [1.807, 2.05) is 52.0 Å². The van der Waals surface area contributed by atoms with E-state index in [-0.39, 0.29) is 24.2 Å². The molecule has 0 fully saturated rings. The lowest BCUT2D eigenvalue weighted by Crippen LogP contribution is -2.31. The summed E-state index contributed by atoms with van der Waals surface area (Å²) in [5, 5.41) is 20.6. The van der Waals surface area contributed by atoms with Gasteiger partial charge in [-0.1, -0.05) is 64.1 Å². The molecule has 0 aromatic heterocycles. The molecule has 0 radical (unpaired) electrons. The average molecular weight is 429 g/mol. The van der Waals surface area contributed by atoms with E-state index in [1.165, 1.54) is 11.1 Å². The second-order valence-electron chi connectivity index (χ2n) is 9.74. The van der Waals surface area contributed by atoms with Crippen LogP contribution in [0.4, 0.5) is 0 Å². The summed E-state index contributed by atoms with van der Waals surface area (Å²) in [5.74, 6) is 0.725. The smallest absolute Gasteiger partial charge is 0.119 e. The van der Waals surface area contributed by atoms with Crippen molar-refractivity contribution in [2.45, 2.75) is 84.0 Å². The molecule has 0 heterocycles. The van der Waals surface area contributed by atoms with Crippen LogP contribution in [0.2, 0.25) is 0 Å². The molecule has 2 N–H and O–H groups in total. The van der Waals surface area contributed by atoms with Gasteiger partial charge in [0, 0.05) is 5.41 Å². The Hall–Kier alpha value is -1.88. The molecule has 31 heavy (non-hydrogen) atoms. The summed E-state index contributed by atoms with van der Waals surface area (Å²) in [4.78, 5) is 0. The minimum Gasteiger partial charge on any atom is -0.491 e. The number of hydrogen-bond donors (Lipinski definition) is 2. The fourth-order valence-corrected chi connectivity index (χ4v) is 3.25. The van der Waals surface area contributed by atoms with Crippen LogP contribution in [-0.4, -0.2) is 35.1 Å². The van der Waals surface area contributed by atoms with Crippen molar-refractivity contribution in [2.75, 3.05) is 13.2 Å². The predicted molar refractivity (Wildman–Crippen MR) is 127 cm³/mol. The highest BCUT2D eigenvalue weighted by Gasteiger charge is 2.25. The molecule has 2 atom stereocenters. The Morgan fingerprint density at radius 2 is 1.23 bits per heavy atom. The van der Waals surface area contributed by atoms with Gasteiger partial charge >= 0.3 is 0 Å². The van der Waals surface area contributed by atoms with Gasteiger partial charge in [0.2, 0.25) is 0 Å². The molecule has 0 bridgehead atoms. The fraction of sp³-hybridized carbons (Fsp3) is 0.556. The fourth-order valence-electron chi connectivity index (χ4n) is 3.25. The van der Waals surface area contributed by atoms with Gasteiger partial charge in [0.1, 0.15) is 18.5 Å². The van der Waals surface area contributed by atoms with Gasteiger partial charge in [0.15, 0.2) is 0 Å². The molecule has 172 valence electrons. The largest absolute Gasteiger partial charge is 0.491 e. The van der Waals surface area contributed by atoms with E-state index in [1.54, 1.807) is 0 Å². The second kappa shape index (κ2) is 10.2. The van der Waals surface area contributed by atoms with E-state index >= 15 is 0 Å². The van der Waals surface area contributed by atoms with Crippen LogP contribution in [0.1, 0.15) is 78.0 Å². The van der Waals surface area contributed by atoms with Crippen LogP contribution in [0.3, 0.4) is 0 Å². The molecular weight excluding hydrogens is 388 g/mol. The Morgan fingerprint density at radius 1 is 0.742 bits per heavy atom. The zero-order chi connectivity index (χ0) is 23.3. The molecule has 0 aliphatic carbocycles. The Labute approximate surface area is 188 Å². The maximum Gasteiger partial charge on any atom is 0.119 e. The topological polar surface area (TPSA) is 58.9 Å². The van der Waals surface area contributed by atoms with Gasteiger partial charge < -0.3 is 19.7 Å². The quantitative estimate of drug-likeness (QED) is 0.491. The van der Waals surface area contributed by atoms with Crippen molar-refractivity contribution in [1.82, 2.24) is 0 Å². The molecule has 0 saturated heterocycles. The third-order valence-electron chi connectivity index (χ3n) is 6.45. The summed E-state index contributed by atoms with van der Waals surface area (Å²) in [6, 6.07) is 16.2. The Kier molecular flexibility index (Phi) is 8.32. The third-order valence-corrected chi connectivity index (χ3v) is 6.45. The van der Waals surface area contributed by atoms with Crippen molar-refractivity contribution >= 4 is 0 Å². The number of aliphatic hydroxyl groups is 2. The molecule has 2 aromatic rings. The lowest BCUT2D eigenvalue weighted by atomic mass is 9.77. The van der Waals surface area contributed by atoms with Crippen LogP contribution in [0.25, 0.3) is 0 Å². The third kappa shape index (κ3) is 6.80. The number of benzene rings is 2. The second-order valence-corrected chi connectivity index (χ2v) is 9.74. The van der Waals surface area contributed by atoms with Gasteiger partial charge in [-0.05, 0) is 62.4 Å². The summed E-state index contributed by atoms with van der Waals surface area (Å²) in [6.07, 6.45) is 0.896. The summed E-state index contributed by atoms with van der Waals surface area (Å²) in [6.45, 7) is 14.8. The molecular formula is C27H40O4. The Balaban J connectivity index is 2.00. The first-order chi connectivity index (χ1) is 14.4. The van der Waals surface area contributed by atoms with Crippen molar-refractivity contribution in [2.24, 2.45) is 0 Å². The molecule has 2 rings (SSSR count). The van der Waals surface area contributed by atoms with E-state index in [0.717, 1.165) is 17.7 Å². The summed E-state index contributed by atoms with van der Waals surface area (Å²) in [5.41, 5.74) is 2.06. The molecule has 4 heteroatoms. The van der Waals surface area contributed by atoms with Crippen molar-refractivity contribution in [3.8, 4) is 5.75 Å². The van der Waals surface area contributed by atoms with Crippen molar-refractivity contribution in [3.63, 3.8) is 0 Å². The molecule has 2 unspecified atom stereocenters. The van der Waals surface area contributed by atoms with Gasteiger partial charge in [0.25, 0.3) is 0 Å². The van der Waals surface area contributed by atoms with E-state index in [2.05, 4.69) is 45.0 Å². The minimum atomic E-state index is -0.802. The Bertz CT molecular complexity index is 804. The van der Waals surface area contributed by atoms with Crippen LogP contribution in [0.15, 0.2) is 48.5 Å². The first kappa shape index (κ1) is 25.4. The lowest BCUT2D eigenvalue weighted by molar-refractivity contribution is -0.0695. The van der Waals surface area contributed by atoms with Crippen LogP contribution < -0.4 is 4.74 Å². The number of hydrogen-bond acceptors (Lipinski definition) is 4. The molecule has 0 spiro atoms. The summed E-state index contributed by atoms with van der Waals surface area (Å²) < 4.78 is 11.5. The predicted octanol–water partition coefficient (Wildman–Crippen LogP) is 5.57. The van der Waals surface area contributed by atoms with E-state index in [0.29, 0.717) is 6.42 Å². The average Bonchev–Trinajstić information content (AvgIpc) is 2.76. The van der Waals surface area contributed by atoms with Crippen LogP contribution in [-0.2, 0) is 15.8 Å². The van der Waals surface area contributed by atoms with Crippen LogP contribution in [0, 0.1) is 0 Å². The summed E-state index contributed by atoms with van der Waals surface area (Å²) >= 11 is 0.